The lowest BCUT2D eigenvalue weighted by atomic mass is 10.1. The summed E-state index contributed by atoms with van der Waals surface area (Å²) in [5.74, 6) is -1.43. The van der Waals surface area contributed by atoms with Crippen LogP contribution in [0, 0.1) is 0 Å². The molecule has 4 N–H and O–H groups in total. The van der Waals surface area contributed by atoms with E-state index in [-0.39, 0.29) is 36.0 Å². The molecule has 4 rings (SSSR count). The molecule has 14 heteroatoms. The van der Waals surface area contributed by atoms with E-state index in [2.05, 4.69) is 30.4 Å². The summed E-state index contributed by atoms with van der Waals surface area (Å²) in [5, 5.41) is 37.4. The molecule has 2 amide bonds. The molecule has 0 saturated carbocycles. The minimum Gasteiger partial charge on any atom is -0.493 e. The molecule has 0 spiro atoms. The first kappa shape index (κ1) is 27.8. The van der Waals surface area contributed by atoms with Gasteiger partial charge in [0.15, 0.2) is 11.4 Å². The van der Waals surface area contributed by atoms with Crippen LogP contribution in [0.25, 0.3) is 21.8 Å². The Hall–Kier alpha value is -3.18. The summed E-state index contributed by atoms with van der Waals surface area (Å²) in [4.78, 5) is 29.6. The summed E-state index contributed by atoms with van der Waals surface area (Å²) in [7, 11) is 0. The third-order valence-corrected chi connectivity index (χ3v) is 6.64. The van der Waals surface area contributed by atoms with Crippen LogP contribution in [0.1, 0.15) is 38.5 Å². The summed E-state index contributed by atoms with van der Waals surface area (Å²) in [6.07, 6.45) is 2.80. The van der Waals surface area contributed by atoms with E-state index in [1.54, 1.807) is 12.1 Å². The molecule has 2 aromatic heterocycles. The number of amides is 2. The van der Waals surface area contributed by atoms with Crippen molar-refractivity contribution < 1.29 is 19.8 Å². The van der Waals surface area contributed by atoms with Gasteiger partial charge in [-0.25, -0.2) is 0 Å². The first-order chi connectivity index (χ1) is 18.1. The van der Waals surface area contributed by atoms with E-state index < -0.39 is 11.8 Å². The van der Waals surface area contributed by atoms with Gasteiger partial charge in [-0.3, -0.25) is 9.59 Å². The van der Waals surface area contributed by atoms with Gasteiger partial charge in [0.05, 0.1) is 21.1 Å². The van der Waals surface area contributed by atoms with Crippen LogP contribution >= 0.6 is 46.4 Å². The Bertz CT molecular complexity index is 1480. The zero-order chi connectivity index (χ0) is 27.4. The number of rotatable bonds is 9. The molecule has 4 aromatic rings. The average Bonchev–Trinajstić information content (AvgIpc) is 3.34. The highest BCUT2D eigenvalue weighted by atomic mass is 35.5. The van der Waals surface area contributed by atoms with Gasteiger partial charge < -0.3 is 20.2 Å². The van der Waals surface area contributed by atoms with Gasteiger partial charge in [0.2, 0.25) is 11.8 Å². The second kappa shape index (κ2) is 12.1. The van der Waals surface area contributed by atoms with Crippen molar-refractivity contribution in [3.05, 3.63) is 44.4 Å². The number of fused-ring (bicyclic) bond motifs is 2. The number of nitrogens with one attached hydrogen (secondary N) is 2. The van der Waals surface area contributed by atoms with Crippen molar-refractivity contribution in [1.82, 2.24) is 9.97 Å². The highest BCUT2D eigenvalue weighted by molar-refractivity contribution is 6.39. The second-order valence-corrected chi connectivity index (χ2v) is 10.1. The minimum atomic E-state index is -0.449. The lowest BCUT2D eigenvalue weighted by Gasteiger charge is -1.98. The van der Waals surface area contributed by atoms with E-state index in [9.17, 15) is 19.8 Å². The maximum atomic E-state index is 12.1. The van der Waals surface area contributed by atoms with Gasteiger partial charge in [-0.1, -0.05) is 59.2 Å². The van der Waals surface area contributed by atoms with Crippen LogP contribution < -0.4 is 0 Å². The first-order valence-corrected chi connectivity index (χ1v) is 12.9. The Morgan fingerprint density at radius 3 is 1.45 bits per heavy atom. The lowest BCUT2D eigenvalue weighted by Crippen LogP contribution is -1.94. The molecule has 0 unspecified atom stereocenters. The summed E-state index contributed by atoms with van der Waals surface area (Å²) >= 11 is 24.2. The van der Waals surface area contributed by atoms with Crippen molar-refractivity contribution in [3.8, 4) is 11.8 Å². The predicted octanol–water partition coefficient (Wildman–Crippen LogP) is 8.94. The van der Waals surface area contributed by atoms with Gasteiger partial charge in [-0.2, -0.15) is 0 Å². The van der Waals surface area contributed by atoms with Crippen LogP contribution in [0.15, 0.2) is 44.7 Å². The van der Waals surface area contributed by atoms with Crippen LogP contribution in [0.2, 0.25) is 20.1 Å². The smallest absolute Gasteiger partial charge is 0.264 e. The van der Waals surface area contributed by atoms with Gasteiger partial charge in [0.25, 0.3) is 11.8 Å². The zero-order valence-corrected chi connectivity index (χ0v) is 22.6. The molecular weight excluding hydrogens is 578 g/mol. The molecule has 0 aliphatic heterocycles. The van der Waals surface area contributed by atoms with Crippen molar-refractivity contribution in [2.45, 2.75) is 38.5 Å². The fourth-order valence-electron chi connectivity index (χ4n) is 3.81. The number of H-pyrrole nitrogens is 2. The molecule has 0 atom stereocenters. The third-order valence-electron chi connectivity index (χ3n) is 5.61. The van der Waals surface area contributed by atoms with E-state index >= 15 is 0 Å². The van der Waals surface area contributed by atoms with Crippen LogP contribution in [0.5, 0.6) is 11.8 Å². The van der Waals surface area contributed by atoms with Gasteiger partial charge in [0, 0.05) is 33.7 Å². The Kier molecular flexibility index (Phi) is 8.88. The number of halogens is 4. The summed E-state index contributed by atoms with van der Waals surface area (Å²) in [6.45, 7) is 0. The monoisotopic (exact) mass is 596 g/mol. The van der Waals surface area contributed by atoms with Gasteiger partial charge >= 0.3 is 0 Å². The number of carbonyl (C=O) groups excluding carboxylic acids is 2. The highest BCUT2D eigenvalue weighted by Crippen LogP contribution is 2.41. The van der Waals surface area contributed by atoms with Gasteiger partial charge in [-0.15, -0.1) is 20.5 Å². The number of hydrogen-bond acceptors (Lipinski definition) is 6. The Labute approximate surface area is 235 Å². The molecule has 0 radical (unpaired) electrons. The van der Waals surface area contributed by atoms with Crippen LogP contribution in [-0.2, 0) is 9.59 Å². The number of benzene rings is 2. The van der Waals surface area contributed by atoms with E-state index in [1.807, 2.05) is 0 Å². The molecule has 10 nitrogen and oxygen atoms in total. The van der Waals surface area contributed by atoms with Gasteiger partial charge in [-0.05, 0) is 37.1 Å². The maximum Gasteiger partial charge on any atom is 0.264 e. The molecule has 2 aromatic carbocycles. The Morgan fingerprint density at radius 2 is 1.05 bits per heavy atom. The van der Waals surface area contributed by atoms with E-state index in [4.69, 9.17) is 46.4 Å². The summed E-state index contributed by atoms with van der Waals surface area (Å²) in [6, 6.07) is 6.16. The number of aromatic hydroxyl groups is 2. The number of unbranched alkanes of at least 4 members (excludes halogenated alkanes) is 3. The normalized spacial score (nSPS) is 12.0. The standard InChI is InChI=1S/C24H20Cl4N6O4/c25-11-7-13-19(15(27)9-11)29-23(37)21(13)33-31-17(35)5-3-1-2-4-6-18(36)32-34-22-14-8-12(26)10-16(28)20(14)30-24(22)38/h7-10,29-30,37-38H,1-6H2. The fraction of sp³-hybridized carbons (Fsp3) is 0.250. The van der Waals surface area contributed by atoms with E-state index in [1.165, 1.54) is 12.1 Å². The SMILES string of the molecule is O=C(CCCCCCC(=O)N=Nc1c(O)[nH]c2c(Cl)cc(Cl)cc12)N=Nc1c(O)[nH]c2c(Cl)cc(Cl)cc12. The molecular formula is C24H20Cl4N6O4. The number of nitrogens with zero attached hydrogens (tertiary/aromatic N) is 4. The molecule has 0 aliphatic rings. The molecule has 0 saturated heterocycles. The summed E-state index contributed by atoms with van der Waals surface area (Å²) < 4.78 is 0. The number of azo groups is 2. The average molecular weight is 598 g/mol. The lowest BCUT2D eigenvalue weighted by molar-refractivity contribution is -0.119. The number of carbonyl (C=O) groups is 2. The Balaban J connectivity index is 1.21. The van der Waals surface area contributed by atoms with Crippen molar-refractivity contribution in [1.29, 1.82) is 0 Å². The largest absolute Gasteiger partial charge is 0.493 e. The van der Waals surface area contributed by atoms with E-state index in [0.717, 1.165) is 0 Å². The third kappa shape index (κ3) is 6.44. The van der Waals surface area contributed by atoms with Crippen LogP contribution in [0.4, 0.5) is 11.4 Å². The topological polar surface area (TPSA) is 156 Å². The molecule has 2 heterocycles. The Morgan fingerprint density at radius 1 is 0.658 bits per heavy atom. The quantitative estimate of drug-likeness (QED) is 0.112. The van der Waals surface area contributed by atoms with E-state index in [0.29, 0.717) is 67.6 Å². The maximum absolute atomic E-state index is 12.1. The second-order valence-electron chi connectivity index (χ2n) is 8.37. The van der Waals surface area contributed by atoms with Crippen LogP contribution in [0.3, 0.4) is 0 Å². The summed E-state index contributed by atoms with van der Waals surface area (Å²) in [5.41, 5.74) is 1.04. The first-order valence-electron chi connectivity index (χ1n) is 11.4. The predicted molar refractivity (Wildman–Crippen MR) is 147 cm³/mol. The van der Waals surface area contributed by atoms with Crippen molar-refractivity contribution in [3.63, 3.8) is 0 Å². The van der Waals surface area contributed by atoms with Crippen LogP contribution in [-0.4, -0.2) is 32.0 Å². The highest BCUT2D eigenvalue weighted by Gasteiger charge is 2.16. The molecule has 0 aliphatic carbocycles. The van der Waals surface area contributed by atoms with Crippen molar-refractivity contribution >= 4 is 91.4 Å². The molecule has 0 fully saturated rings. The molecule has 198 valence electrons. The fourth-order valence-corrected chi connectivity index (χ4v) is 4.89. The van der Waals surface area contributed by atoms with Crippen molar-refractivity contribution in [2.24, 2.45) is 20.5 Å². The molecule has 0 bridgehead atoms. The zero-order valence-electron chi connectivity index (χ0n) is 19.6. The number of aromatic nitrogens is 2. The minimum absolute atomic E-state index is 0.0811. The molecule has 38 heavy (non-hydrogen) atoms. The van der Waals surface area contributed by atoms with Gasteiger partial charge in [0.1, 0.15) is 0 Å². The number of aromatic amines is 2. The van der Waals surface area contributed by atoms with Crippen molar-refractivity contribution in [2.75, 3.05) is 0 Å². The number of hydrogen-bond donors (Lipinski definition) is 4.